The first kappa shape index (κ1) is 24.9. The van der Waals surface area contributed by atoms with Crippen LogP contribution in [0.4, 0.5) is 0 Å². The Morgan fingerprint density at radius 1 is 1.00 bits per heavy atom. The molecule has 1 aliphatic rings. The van der Waals surface area contributed by atoms with E-state index in [2.05, 4.69) is 45.3 Å². The molecule has 0 unspecified atom stereocenters. The Balaban J connectivity index is 1.71. The molecule has 0 saturated carbocycles. The van der Waals surface area contributed by atoms with Crippen LogP contribution >= 0.6 is 0 Å². The van der Waals surface area contributed by atoms with Crippen molar-refractivity contribution in [2.24, 2.45) is 12.8 Å². The first-order chi connectivity index (χ1) is 18.9. The molecule has 5 aromatic rings. The number of para-hydroxylation sites is 2. The number of rotatable bonds is 7. The third-order valence-corrected chi connectivity index (χ3v) is 8.03. The van der Waals surface area contributed by atoms with Gasteiger partial charge >= 0.3 is 0 Å². The number of amides is 1. The van der Waals surface area contributed by atoms with E-state index in [0.717, 1.165) is 44.2 Å². The van der Waals surface area contributed by atoms with Gasteiger partial charge in [0, 0.05) is 70.4 Å². The van der Waals surface area contributed by atoms with Gasteiger partial charge in [0.25, 0.3) is 0 Å². The molecule has 0 aliphatic carbocycles. The van der Waals surface area contributed by atoms with Crippen LogP contribution in [0.1, 0.15) is 22.4 Å². The van der Waals surface area contributed by atoms with Gasteiger partial charge in [0.05, 0.1) is 32.9 Å². The van der Waals surface area contributed by atoms with Crippen molar-refractivity contribution in [3.63, 3.8) is 0 Å². The second kappa shape index (κ2) is 9.39. The molecule has 2 atom stereocenters. The molecule has 0 saturated heterocycles. The molecule has 0 spiro atoms. The van der Waals surface area contributed by atoms with Crippen LogP contribution in [0.15, 0.2) is 66.9 Å². The van der Waals surface area contributed by atoms with Crippen LogP contribution in [0.25, 0.3) is 21.8 Å². The molecule has 2 aromatic heterocycles. The lowest BCUT2D eigenvalue weighted by atomic mass is 9.74. The van der Waals surface area contributed by atoms with Crippen LogP contribution in [0.3, 0.4) is 0 Å². The van der Waals surface area contributed by atoms with Crippen molar-refractivity contribution in [1.82, 2.24) is 14.9 Å². The second-order valence-electron chi connectivity index (χ2n) is 10.1. The van der Waals surface area contributed by atoms with E-state index in [1.165, 1.54) is 0 Å². The number of aromatic nitrogens is 2. The van der Waals surface area contributed by atoms with E-state index < -0.39 is 17.5 Å². The Kier molecular flexibility index (Phi) is 5.99. The standard InChI is InChI=1S/C31H32N4O4/c1-35-17-23(20-10-6-8-12-26(20)35)31(16-22-27(38-3)13-18(37-2)14-28(22)39-4)29-21(15-25(34-31)30(32)36)19-9-5-7-11-24(19)33-29/h5-14,17,25,33-34H,15-16H2,1-4H3,(H2,32,36)/t25-,31+/m1/s1. The van der Waals surface area contributed by atoms with E-state index in [9.17, 15) is 4.79 Å². The van der Waals surface area contributed by atoms with Gasteiger partial charge in [-0.15, -0.1) is 0 Å². The Morgan fingerprint density at radius 3 is 2.33 bits per heavy atom. The molecule has 39 heavy (non-hydrogen) atoms. The molecule has 0 radical (unpaired) electrons. The summed E-state index contributed by atoms with van der Waals surface area (Å²) in [5, 5.41) is 5.88. The molecule has 3 aromatic carbocycles. The number of hydrogen-bond donors (Lipinski definition) is 3. The highest BCUT2D eigenvalue weighted by molar-refractivity contribution is 5.91. The molecule has 6 rings (SSSR count). The second-order valence-corrected chi connectivity index (χ2v) is 10.1. The SMILES string of the molecule is COc1cc(OC)c(C[C@@]2(c3cn(C)c4ccccc34)N[C@@H](C(N)=O)Cc3c2[nH]c2ccccc32)c(OC)c1. The molecule has 1 amide bonds. The van der Waals surface area contributed by atoms with Crippen LogP contribution in [0, 0.1) is 0 Å². The van der Waals surface area contributed by atoms with Gasteiger partial charge in [0.1, 0.15) is 17.2 Å². The Morgan fingerprint density at radius 2 is 1.67 bits per heavy atom. The van der Waals surface area contributed by atoms with Crippen molar-refractivity contribution in [2.45, 2.75) is 24.4 Å². The molecule has 4 N–H and O–H groups in total. The Labute approximate surface area is 226 Å². The summed E-state index contributed by atoms with van der Waals surface area (Å²) < 4.78 is 19.4. The minimum absolute atomic E-state index is 0.399. The molecule has 3 heterocycles. The number of hydrogen-bond acceptors (Lipinski definition) is 5. The van der Waals surface area contributed by atoms with E-state index in [1.807, 2.05) is 43.4 Å². The number of primary amides is 1. The maximum atomic E-state index is 12.9. The van der Waals surface area contributed by atoms with E-state index >= 15 is 0 Å². The summed E-state index contributed by atoms with van der Waals surface area (Å²) in [6.07, 6.45) is 3.04. The van der Waals surface area contributed by atoms with Gasteiger partial charge in [-0.05, 0) is 24.1 Å². The van der Waals surface area contributed by atoms with Gasteiger partial charge in [0.2, 0.25) is 5.91 Å². The maximum Gasteiger partial charge on any atom is 0.234 e. The number of H-pyrrole nitrogens is 1. The first-order valence-electron chi connectivity index (χ1n) is 12.9. The fourth-order valence-electron chi connectivity index (χ4n) is 6.22. The molecular formula is C31H32N4O4. The third kappa shape index (κ3) is 3.82. The number of aryl methyl sites for hydroxylation is 1. The number of nitrogens with one attached hydrogen (secondary N) is 2. The predicted molar refractivity (Wildman–Crippen MR) is 152 cm³/mol. The van der Waals surface area contributed by atoms with E-state index in [1.54, 1.807) is 21.3 Å². The number of nitrogens with two attached hydrogens (primary N) is 1. The molecule has 0 fully saturated rings. The lowest BCUT2D eigenvalue weighted by Crippen LogP contribution is -2.59. The summed E-state index contributed by atoms with van der Waals surface area (Å²) >= 11 is 0. The minimum Gasteiger partial charge on any atom is -0.496 e. The largest absolute Gasteiger partial charge is 0.496 e. The average molecular weight is 525 g/mol. The number of ether oxygens (including phenoxy) is 3. The normalized spacial score (nSPS) is 18.7. The summed E-state index contributed by atoms with van der Waals surface area (Å²) in [5.41, 5.74) is 11.2. The fourth-order valence-corrected chi connectivity index (χ4v) is 6.22. The van der Waals surface area contributed by atoms with Gasteiger partial charge in [-0.2, -0.15) is 0 Å². The number of fused-ring (bicyclic) bond motifs is 4. The Bertz CT molecular complexity index is 1690. The minimum atomic E-state index is -0.873. The van der Waals surface area contributed by atoms with Crippen molar-refractivity contribution in [1.29, 1.82) is 0 Å². The number of aromatic amines is 1. The summed E-state index contributed by atoms with van der Waals surface area (Å²) in [6.45, 7) is 0. The van der Waals surface area contributed by atoms with Crippen molar-refractivity contribution < 1.29 is 19.0 Å². The van der Waals surface area contributed by atoms with Gasteiger partial charge < -0.3 is 29.5 Å². The number of nitrogens with zero attached hydrogens (tertiary/aromatic N) is 1. The monoisotopic (exact) mass is 524 g/mol. The molecule has 200 valence electrons. The van der Waals surface area contributed by atoms with Crippen LogP contribution < -0.4 is 25.3 Å². The van der Waals surface area contributed by atoms with Crippen molar-refractivity contribution in [2.75, 3.05) is 21.3 Å². The summed E-state index contributed by atoms with van der Waals surface area (Å²) in [6, 6.07) is 19.6. The topological polar surface area (TPSA) is 104 Å². The number of benzene rings is 3. The summed E-state index contributed by atoms with van der Waals surface area (Å²) in [7, 11) is 6.92. The van der Waals surface area contributed by atoms with Crippen LogP contribution in [0.2, 0.25) is 0 Å². The zero-order chi connectivity index (χ0) is 27.3. The third-order valence-electron chi connectivity index (χ3n) is 8.03. The Hall–Kier alpha value is -4.43. The lowest BCUT2D eigenvalue weighted by molar-refractivity contribution is -0.120. The van der Waals surface area contributed by atoms with E-state index in [4.69, 9.17) is 19.9 Å². The molecule has 1 aliphatic heterocycles. The lowest BCUT2D eigenvalue weighted by Gasteiger charge is -2.42. The highest BCUT2D eigenvalue weighted by Gasteiger charge is 2.47. The quantitative estimate of drug-likeness (QED) is 0.297. The highest BCUT2D eigenvalue weighted by Crippen LogP contribution is 2.47. The fraction of sp³-hybridized carbons (Fsp3) is 0.258. The maximum absolute atomic E-state index is 12.9. The van der Waals surface area contributed by atoms with Crippen molar-refractivity contribution in [3.8, 4) is 17.2 Å². The summed E-state index contributed by atoms with van der Waals surface area (Å²) in [5.74, 6) is 1.49. The van der Waals surface area contributed by atoms with E-state index in [0.29, 0.717) is 30.1 Å². The van der Waals surface area contributed by atoms with Gasteiger partial charge in [-0.1, -0.05) is 36.4 Å². The average Bonchev–Trinajstić information content (AvgIpc) is 3.51. The predicted octanol–water partition coefficient (Wildman–Crippen LogP) is 4.17. The molecule has 8 heteroatoms. The smallest absolute Gasteiger partial charge is 0.234 e. The first-order valence-corrected chi connectivity index (χ1v) is 12.9. The van der Waals surface area contributed by atoms with Crippen LogP contribution in [-0.4, -0.2) is 42.8 Å². The number of carbonyl (C=O) groups excluding carboxylic acids is 1. The van der Waals surface area contributed by atoms with E-state index in [-0.39, 0.29) is 0 Å². The number of carbonyl (C=O) groups is 1. The number of methoxy groups -OCH3 is 3. The molecular weight excluding hydrogens is 492 g/mol. The van der Waals surface area contributed by atoms with Gasteiger partial charge in [-0.25, -0.2) is 0 Å². The van der Waals surface area contributed by atoms with Crippen LogP contribution in [-0.2, 0) is 30.2 Å². The zero-order valence-corrected chi connectivity index (χ0v) is 22.5. The molecule has 8 nitrogen and oxygen atoms in total. The summed E-state index contributed by atoms with van der Waals surface area (Å²) in [4.78, 5) is 16.6. The molecule has 0 bridgehead atoms. The van der Waals surface area contributed by atoms with Gasteiger partial charge in [-0.3, -0.25) is 10.1 Å². The van der Waals surface area contributed by atoms with Crippen molar-refractivity contribution in [3.05, 3.63) is 89.2 Å². The van der Waals surface area contributed by atoms with Crippen molar-refractivity contribution >= 4 is 27.7 Å². The zero-order valence-electron chi connectivity index (χ0n) is 22.5. The van der Waals surface area contributed by atoms with Crippen LogP contribution in [0.5, 0.6) is 17.2 Å². The highest BCUT2D eigenvalue weighted by atomic mass is 16.5. The van der Waals surface area contributed by atoms with Gasteiger partial charge in [0.15, 0.2) is 0 Å².